The first-order chi connectivity index (χ1) is 14.8. The fraction of sp³-hybridized carbons (Fsp3) is 0.136. The summed E-state index contributed by atoms with van der Waals surface area (Å²) in [5, 5.41) is 4.24. The van der Waals surface area contributed by atoms with Crippen molar-refractivity contribution in [2.45, 2.75) is 6.92 Å². The number of fused-ring (bicyclic) bond motifs is 1. The molecule has 1 aliphatic heterocycles. The fourth-order valence-corrected chi connectivity index (χ4v) is 4.40. The third-order valence-corrected chi connectivity index (χ3v) is 6.17. The summed E-state index contributed by atoms with van der Waals surface area (Å²) in [6.45, 7) is 1.96. The molecule has 2 heterocycles. The molecule has 0 saturated heterocycles. The van der Waals surface area contributed by atoms with Crippen LogP contribution in [0.25, 0.3) is 17.3 Å². The number of carbonyl (C=O) groups excluding carboxylic acids is 2. The lowest BCUT2D eigenvalue weighted by Crippen LogP contribution is -2.35. The van der Waals surface area contributed by atoms with Crippen LogP contribution in [0.5, 0.6) is 5.75 Å². The van der Waals surface area contributed by atoms with E-state index in [0.29, 0.717) is 32.2 Å². The summed E-state index contributed by atoms with van der Waals surface area (Å²) in [5.74, 6) is 0.217. The fourth-order valence-electron chi connectivity index (χ4n) is 3.09. The van der Waals surface area contributed by atoms with E-state index in [1.165, 1.54) is 17.4 Å². The number of hydrogen-bond donors (Lipinski definition) is 1. The Morgan fingerprint density at radius 2 is 2.06 bits per heavy atom. The predicted octanol–water partition coefficient (Wildman–Crippen LogP) is 5.43. The molecule has 0 saturated carbocycles. The van der Waals surface area contributed by atoms with Gasteiger partial charge in [-0.3, -0.25) is 14.9 Å². The van der Waals surface area contributed by atoms with Crippen molar-refractivity contribution in [3.05, 3.63) is 63.0 Å². The minimum Gasteiger partial charge on any atom is -0.482 e. The number of carbonyl (C=O) groups is 2. The smallest absolute Gasteiger partial charge is 0.264 e. The van der Waals surface area contributed by atoms with Crippen molar-refractivity contribution in [3.63, 3.8) is 0 Å². The number of benzene rings is 2. The summed E-state index contributed by atoms with van der Waals surface area (Å²) in [5.41, 5.74) is 2.95. The first-order valence-electron chi connectivity index (χ1n) is 9.27. The number of likely N-dealkylation sites (N-methyl/N-ethyl adjacent to an activating group) is 1. The number of aromatic nitrogens is 1. The van der Waals surface area contributed by atoms with Gasteiger partial charge in [-0.2, -0.15) is 0 Å². The predicted molar refractivity (Wildman–Crippen MR) is 125 cm³/mol. The maximum atomic E-state index is 12.3. The molecule has 0 spiro atoms. The number of nitrogens with zero attached hydrogens (tertiary/aromatic N) is 2. The van der Waals surface area contributed by atoms with Gasteiger partial charge in [0, 0.05) is 33.6 Å². The van der Waals surface area contributed by atoms with Crippen molar-refractivity contribution in [3.8, 4) is 17.0 Å². The van der Waals surface area contributed by atoms with Crippen molar-refractivity contribution < 1.29 is 14.3 Å². The lowest BCUT2D eigenvalue weighted by Gasteiger charge is -2.26. The van der Waals surface area contributed by atoms with Gasteiger partial charge in [0.25, 0.3) is 5.91 Å². The van der Waals surface area contributed by atoms with Gasteiger partial charge >= 0.3 is 0 Å². The number of ether oxygens (including phenoxy) is 1. The monoisotopic (exact) mass is 473 g/mol. The molecule has 31 heavy (non-hydrogen) atoms. The molecule has 0 aliphatic carbocycles. The quantitative estimate of drug-likeness (QED) is 0.512. The molecule has 0 fully saturated rings. The van der Waals surface area contributed by atoms with E-state index in [9.17, 15) is 9.59 Å². The van der Waals surface area contributed by atoms with Gasteiger partial charge in [-0.05, 0) is 48.9 Å². The Morgan fingerprint density at radius 1 is 1.26 bits per heavy atom. The van der Waals surface area contributed by atoms with Crippen molar-refractivity contribution in [1.82, 2.24) is 4.98 Å². The average molecular weight is 474 g/mol. The highest BCUT2D eigenvalue weighted by Crippen LogP contribution is 2.37. The molecular weight excluding hydrogens is 457 g/mol. The minimum absolute atomic E-state index is 0.0313. The zero-order chi connectivity index (χ0) is 22.1. The summed E-state index contributed by atoms with van der Waals surface area (Å²) in [7, 11) is 1.71. The number of rotatable bonds is 4. The Labute approximate surface area is 193 Å². The molecule has 6 nitrogen and oxygen atoms in total. The number of nitrogens with one attached hydrogen (secondary N) is 1. The molecule has 0 unspecified atom stereocenters. The van der Waals surface area contributed by atoms with Crippen LogP contribution >= 0.6 is 34.5 Å². The molecule has 2 amide bonds. The van der Waals surface area contributed by atoms with E-state index in [1.54, 1.807) is 36.2 Å². The zero-order valence-corrected chi connectivity index (χ0v) is 18.9. The summed E-state index contributed by atoms with van der Waals surface area (Å²) >= 11 is 13.4. The Kier molecular flexibility index (Phi) is 6.00. The number of aryl methyl sites for hydroxylation is 1. The van der Waals surface area contributed by atoms with E-state index in [2.05, 4.69) is 10.3 Å². The summed E-state index contributed by atoms with van der Waals surface area (Å²) in [4.78, 5) is 31.3. The highest BCUT2D eigenvalue weighted by molar-refractivity contribution is 7.16. The molecular formula is C22H17Cl2N3O3S. The van der Waals surface area contributed by atoms with Crippen LogP contribution in [0.3, 0.4) is 0 Å². The van der Waals surface area contributed by atoms with Gasteiger partial charge in [-0.1, -0.05) is 29.3 Å². The van der Waals surface area contributed by atoms with Gasteiger partial charge in [0.15, 0.2) is 11.7 Å². The largest absolute Gasteiger partial charge is 0.482 e. The van der Waals surface area contributed by atoms with E-state index in [-0.39, 0.29) is 18.4 Å². The van der Waals surface area contributed by atoms with Crippen molar-refractivity contribution >= 4 is 63.2 Å². The molecule has 1 aliphatic rings. The highest BCUT2D eigenvalue weighted by Gasteiger charge is 2.23. The molecule has 9 heteroatoms. The molecule has 3 aromatic rings. The first kappa shape index (κ1) is 21.4. The second-order valence-corrected chi connectivity index (χ2v) is 8.88. The lowest BCUT2D eigenvalue weighted by atomic mass is 10.1. The number of anilines is 2. The molecule has 4 rings (SSSR count). The molecule has 0 radical (unpaired) electrons. The van der Waals surface area contributed by atoms with Crippen LogP contribution in [0.2, 0.25) is 10.0 Å². The van der Waals surface area contributed by atoms with Crippen LogP contribution < -0.4 is 15.0 Å². The molecule has 1 N–H and O–H groups in total. The van der Waals surface area contributed by atoms with Crippen molar-refractivity contribution in [1.29, 1.82) is 0 Å². The van der Waals surface area contributed by atoms with Crippen LogP contribution in [0.1, 0.15) is 10.4 Å². The van der Waals surface area contributed by atoms with Gasteiger partial charge in [0.1, 0.15) is 5.75 Å². The third kappa shape index (κ3) is 4.58. The van der Waals surface area contributed by atoms with Crippen LogP contribution in [-0.4, -0.2) is 30.5 Å². The van der Waals surface area contributed by atoms with E-state index >= 15 is 0 Å². The summed E-state index contributed by atoms with van der Waals surface area (Å²) in [6.07, 6.45) is 3.01. The van der Waals surface area contributed by atoms with E-state index in [0.717, 1.165) is 16.1 Å². The highest BCUT2D eigenvalue weighted by atomic mass is 35.5. The van der Waals surface area contributed by atoms with Crippen LogP contribution in [-0.2, 0) is 9.59 Å². The Balaban J connectivity index is 1.52. The van der Waals surface area contributed by atoms with Crippen LogP contribution in [0.15, 0.2) is 42.5 Å². The number of thiazole rings is 1. The van der Waals surface area contributed by atoms with E-state index in [4.69, 9.17) is 27.9 Å². The molecule has 1 aromatic heterocycles. The maximum absolute atomic E-state index is 12.3. The number of amides is 2. The average Bonchev–Trinajstić information content (AvgIpc) is 3.10. The standard InChI is InChI=1S/C22H17Cl2N3O3S/c1-12-21(14-4-7-18-17(9-14)27(2)20(29)11-30-18)26-22(31-12)25-19(28)8-5-13-3-6-15(23)10-16(13)24/h3-10H,11H2,1-2H3,(H,25,26,28)/b8-5+. The summed E-state index contributed by atoms with van der Waals surface area (Å²) in [6, 6.07) is 10.6. The van der Waals surface area contributed by atoms with Gasteiger partial charge in [-0.15, -0.1) is 11.3 Å². The normalized spacial score (nSPS) is 13.3. The first-order valence-corrected chi connectivity index (χ1v) is 10.8. The molecule has 0 bridgehead atoms. The Morgan fingerprint density at radius 3 is 2.84 bits per heavy atom. The van der Waals surface area contributed by atoms with Gasteiger partial charge in [0.05, 0.1) is 11.4 Å². The van der Waals surface area contributed by atoms with Gasteiger partial charge < -0.3 is 9.64 Å². The van der Waals surface area contributed by atoms with Gasteiger partial charge in [0.2, 0.25) is 5.91 Å². The van der Waals surface area contributed by atoms with Crippen molar-refractivity contribution in [2.75, 3.05) is 23.9 Å². The van der Waals surface area contributed by atoms with Crippen LogP contribution in [0, 0.1) is 6.92 Å². The lowest BCUT2D eigenvalue weighted by molar-refractivity contribution is -0.121. The second-order valence-electron chi connectivity index (χ2n) is 6.84. The third-order valence-electron chi connectivity index (χ3n) is 4.72. The Hall–Kier alpha value is -2.87. The number of halogens is 2. The zero-order valence-electron chi connectivity index (χ0n) is 16.6. The maximum Gasteiger partial charge on any atom is 0.264 e. The minimum atomic E-state index is -0.324. The van der Waals surface area contributed by atoms with E-state index < -0.39 is 0 Å². The van der Waals surface area contributed by atoms with Gasteiger partial charge in [-0.25, -0.2) is 4.98 Å². The summed E-state index contributed by atoms with van der Waals surface area (Å²) < 4.78 is 5.47. The van der Waals surface area contributed by atoms with Crippen LogP contribution in [0.4, 0.5) is 10.8 Å². The Bertz CT molecular complexity index is 1220. The SMILES string of the molecule is Cc1sc(NC(=O)/C=C/c2ccc(Cl)cc2Cl)nc1-c1ccc2c(c1)N(C)C(=O)CO2. The molecule has 158 valence electrons. The number of hydrogen-bond acceptors (Lipinski definition) is 5. The van der Waals surface area contributed by atoms with Crippen molar-refractivity contribution in [2.24, 2.45) is 0 Å². The topological polar surface area (TPSA) is 71.5 Å². The molecule has 0 atom stereocenters. The van der Waals surface area contributed by atoms with E-state index in [1.807, 2.05) is 25.1 Å². The second kappa shape index (κ2) is 8.70. The molecule has 2 aromatic carbocycles.